The van der Waals surface area contributed by atoms with Crippen LogP contribution < -0.4 is 15.5 Å². The van der Waals surface area contributed by atoms with Crippen LogP contribution >= 0.6 is 12.2 Å². The van der Waals surface area contributed by atoms with Crippen molar-refractivity contribution in [1.29, 1.82) is 0 Å². The van der Waals surface area contributed by atoms with Gasteiger partial charge in [0, 0.05) is 42.3 Å². The Balaban J connectivity index is 1.59. The van der Waals surface area contributed by atoms with Crippen molar-refractivity contribution in [3.63, 3.8) is 0 Å². The molecule has 2 N–H and O–H groups in total. The van der Waals surface area contributed by atoms with Crippen molar-refractivity contribution in [2.24, 2.45) is 0 Å². The maximum atomic E-state index is 12.0. The average Bonchev–Trinajstić information content (AvgIpc) is 3.40. The lowest BCUT2D eigenvalue weighted by molar-refractivity contribution is -0.119. The van der Waals surface area contributed by atoms with Crippen molar-refractivity contribution in [2.75, 3.05) is 23.9 Å². The Morgan fingerprint density at radius 3 is 2.50 bits per heavy atom. The zero-order chi connectivity index (χ0) is 26.8. The zero-order valence-electron chi connectivity index (χ0n) is 21.8. The number of carbonyl (C=O) groups is 1. The Hall–Kier alpha value is -4.08. The molecule has 0 saturated carbocycles. The fourth-order valence-electron chi connectivity index (χ4n) is 5.11. The first kappa shape index (κ1) is 25.6. The summed E-state index contributed by atoms with van der Waals surface area (Å²) in [6.07, 6.45) is 3.63. The number of methoxy groups -OCH3 is 1. The lowest BCUT2D eigenvalue weighted by atomic mass is 9.96. The van der Waals surface area contributed by atoms with Gasteiger partial charge >= 0.3 is 0 Å². The fourth-order valence-corrected chi connectivity index (χ4v) is 5.45. The van der Waals surface area contributed by atoms with Crippen molar-refractivity contribution in [1.82, 2.24) is 19.9 Å². The third kappa shape index (κ3) is 4.78. The van der Waals surface area contributed by atoms with E-state index in [-0.39, 0.29) is 24.6 Å². The first-order valence-corrected chi connectivity index (χ1v) is 12.8. The highest BCUT2D eigenvalue weighted by Gasteiger charge is 2.42. The number of amides is 1. The molecule has 1 saturated heterocycles. The van der Waals surface area contributed by atoms with Gasteiger partial charge in [-0.3, -0.25) is 9.78 Å². The van der Waals surface area contributed by atoms with Gasteiger partial charge in [0.2, 0.25) is 5.91 Å². The standard InChI is InChI=1S/C29H30N6O2S/c1-18-8-7-15-31-28(18)34-19(2)16-23(20(34)3)27-26(24-9-5-6-14-30-24)33-29(38)35(27)22-12-10-21(11-13-22)32-25(36)17-37-4/h5-16,26-27H,17H2,1-4H3,(H,32,36)(H,33,38)/t26-,27-/m0/s1. The van der Waals surface area contributed by atoms with Crippen LogP contribution in [-0.4, -0.2) is 39.3 Å². The molecule has 0 spiro atoms. The molecule has 8 nitrogen and oxygen atoms in total. The number of nitrogens with zero attached hydrogens (tertiary/aromatic N) is 4. The number of benzene rings is 1. The zero-order valence-corrected chi connectivity index (χ0v) is 22.6. The second-order valence-corrected chi connectivity index (χ2v) is 9.72. The van der Waals surface area contributed by atoms with E-state index in [1.54, 1.807) is 6.20 Å². The average molecular weight is 527 g/mol. The second kappa shape index (κ2) is 10.7. The van der Waals surface area contributed by atoms with Crippen molar-refractivity contribution < 1.29 is 9.53 Å². The molecule has 4 heterocycles. The monoisotopic (exact) mass is 526 g/mol. The predicted molar refractivity (Wildman–Crippen MR) is 153 cm³/mol. The van der Waals surface area contributed by atoms with Crippen LogP contribution in [-0.2, 0) is 9.53 Å². The number of nitrogens with one attached hydrogen (secondary N) is 2. The molecule has 9 heteroatoms. The molecular weight excluding hydrogens is 496 g/mol. The van der Waals surface area contributed by atoms with E-state index in [9.17, 15) is 4.79 Å². The smallest absolute Gasteiger partial charge is 0.250 e. The summed E-state index contributed by atoms with van der Waals surface area (Å²) >= 11 is 5.89. The maximum Gasteiger partial charge on any atom is 0.250 e. The molecule has 5 rings (SSSR count). The van der Waals surface area contributed by atoms with Crippen LogP contribution in [0.5, 0.6) is 0 Å². The molecule has 38 heavy (non-hydrogen) atoms. The molecule has 0 aliphatic carbocycles. The van der Waals surface area contributed by atoms with Crippen LogP contribution in [0.3, 0.4) is 0 Å². The molecule has 3 aromatic heterocycles. The van der Waals surface area contributed by atoms with E-state index in [0.29, 0.717) is 10.8 Å². The predicted octanol–water partition coefficient (Wildman–Crippen LogP) is 4.95. The van der Waals surface area contributed by atoms with Gasteiger partial charge in [-0.1, -0.05) is 12.1 Å². The minimum Gasteiger partial charge on any atom is -0.375 e. The third-order valence-electron chi connectivity index (χ3n) is 6.79. The Kier molecular flexibility index (Phi) is 7.22. The van der Waals surface area contributed by atoms with Crippen LogP contribution in [0.15, 0.2) is 73.1 Å². The second-order valence-electron chi connectivity index (χ2n) is 9.33. The van der Waals surface area contributed by atoms with Crippen molar-refractivity contribution >= 4 is 34.6 Å². The number of ether oxygens (including phenoxy) is 1. The van der Waals surface area contributed by atoms with E-state index in [2.05, 4.69) is 63.0 Å². The van der Waals surface area contributed by atoms with E-state index >= 15 is 0 Å². The lowest BCUT2D eigenvalue weighted by Gasteiger charge is -2.28. The molecule has 1 fully saturated rings. The van der Waals surface area contributed by atoms with Crippen LogP contribution in [0, 0.1) is 20.8 Å². The van der Waals surface area contributed by atoms with Crippen LogP contribution in [0.4, 0.5) is 11.4 Å². The molecule has 1 aliphatic heterocycles. The van der Waals surface area contributed by atoms with Crippen molar-refractivity contribution in [3.8, 4) is 5.82 Å². The van der Waals surface area contributed by atoms with Crippen LogP contribution in [0.1, 0.15) is 40.3 Å². The van der Waals surface area contributed by atoms with Crippen molar-refractivity contribution in [3.05, 3.63) is 101 Å². The van der Waals surface area contributed by atoms with Gasteiger partial charge < -0.3 is 24.8 Å². The van der Waals surface area contributed by atoms with Crippen LogP contribution in [0.2, 0.25) is 0 Å². The molecule has 194 valence electrons. The molecular formula is C29H30N6O2S. The van der Waals surface area contributed by atoms with E-state index in [1.165, 1.54) is 7.11 Å². The van der Waals surface area contributed by atoms with Gasteiger partial charge in [0.15, 0.2) is 5.11 Å². The number of thiocarbonyl (C=S) groups is 1. The molecule has 1 amide bonds. The molecule has 0 radical (unpaired) electrons. The summed E-state index contributed by atoms with van der Waals surface area (Å²) in [5.41, 5.74) is 6.93. The van der Waals surface area contributed by atoms with Gasteiger partial charge in [-0.25, -0.2) is 4.98 Å². The first-order valence-electron chi connectivity index (χ1n) is 12.4. The molecule has 0 bridgehead atoms. The maximum absolute atomic E-state index is 12.0. The van der Waals surface area contributed by atoms with Gasteiger partial charge in [-0.2, -0.15) is 0 Å². The highest BCUT2D eigenvalue weighted by molar-refractivity contribution is 7.80. The Labute approximate surface area is 227 Å². The number of aryl methyl sites for hydroxylation is 2. The summed E-state index contributed by atoms with van der Waals surface area (Å²) in [5.74, 6) is 0.711. The van der Waals surface area contributed by atoms with E-state index in [1.807, 2.05) is 54.7 Å². The minimum absolute atomic E-state index is 0.00107. The minimum atomic E-state index is -0.205. The number of rotatable bonds is 7. The van der Waals surface area contributed by atoms with Gasteiger partial charge in [0.1, 0.15) is 12.4 Å². The van der Waals surface area contributed by atoms with E-state index in [4.69, 9.17) is 17.0 Å². The molecule has 4 aromatic rings. The first-order chi connectivity index (χ1) is 18.4. The topological polar surface area (TPSA) is 84.3 Å². The molecule has 0 unspecified atom stereocenters. The highest BCUT2D eigenvalue weighted by atomic mass is 32.1. The summed E-state index contributed by atoms with van der Waals surface area (Å²) < 4.78 is 7.12. The SMILES string of the molecule is COCC(=O)Nc1ccc(N2C(=S)N[C@@H](c3ccccn3)[C@@H]2c2cc(C)n(-c3ncccc3C)c2C)cc1. The summed E-state index contributed by atoms with van der Waals surface area (Å²) in [4.78, 5) is 23.4. The number of carbonyl (C=O) groups excluding carboxylic acids is 1. The number of anilines is 2. The summed E-state index contributed by atoms with van der Waals surface area (Å²) in [7, 11) is 1.49. The summed E-state index contributed by atoms with van der Waals surface area (Å²) in [6, 6.07) is 19.5. The fraction of sp³-hybridized carbons (Fsp3) is 0.241. The Bertz CT molecular complexity index is 1470. The summed E-state index contributed by atoms with van der Waals surface area (Å²) in [5, 5.41) is 6.97. The number of hydrogen-bond donors (Lipinski definition) is 2. The third-order valence-corrected chi connectivity index (χ3v) is 7.10. The molecule has 2 atom stereocenters. The van der Waals surface area contributed by atoms with Gasteiger partial charge in [-0.05, 0) is 92.6 Å². The molecule has 1 aliphatic rings. The van der Waals surface area contributed by atoms with Gasteiger partial charge in [-0.15, -0.1) is 0 Å². The van der Waals surface area contributed by atoms with Gasteiger partial charge in [0.05, 0.1) is 17.8 Å². The summed E-state index contributed by atoms with van der Waals surface area (Å²) in [6.45, 7) is 6.30. The number of aromatic nitrogens is 3. The van der Waals surface area contributed by atoms with Crippen LogP contribution in [0.25, 0.3) is 5.82 Å². The van der Waals surface area contributed by atoms with E-state index < -0.39 is 0 Å². The lowest BCUT2D eigenvalue weighted by Crippen LogP contribution is -2.29. The van der Waals surface area contributed by atoms with Crippen molar-refractivity contribution in [2.45, 2.75) is 32.9 Å². The quantitative estimate of drug-likeness (QED) is 0.330. The normalized spacial score (nSPS) is 16.9. The number of hydrogen-bond acceptors (Lipinski definition) is 5. The highest BCUT2D eigenvalue weighted by Crippen LogP contribution is 2.44. The van der Waals surface area contributed by atoms with E-state index in [0.717, 1.165) is 39.7 Å². The number of pyridine rings is 2. The Morgan fingerprint density at radius 1 is 1.05 bits per heavy atom. The largest absolute Gasteiger partial charge is 0.375 e. The molecule has 1 aromatic carbocycles. The van der Waals surface area contributed by atoms with Gasteiger partial charge in [0.25, 0.3) is 0 Å². The Morgan fingerprint density at radius 2 is 1.82 bits per heavy atom.